The zero-order chi connectivity index (χ0) is 13.7. The fraction of sp³-hybridized carbons (Fsp3) is 1.00. The van der Waals surface area contributed by atoms with E-state index < -0.39 is 16.8 Å². The van der Waals surface area contributed by atoms with Crippen molar-refractivity contribution in [2.24, 2.45) is 0 Å². The van der Waals surface area contributed by atoms with Crippen molar-refractivity contribution in [3.05, 3.63) is 10.1 Å². The van der Waals surface area contributed by atoms with Gasteiger partial charge in [-0.2, -0.15) is 0 Å². The maximum Gasteiger partial charge on any atom is 0.294 e. The zero-order valence-electron chi connectivity index (χ0n) is 11.5. The topological polar surface area (TPSA) is 70.8 Å². The highest BCUT2D eigenvalue weighted by Gasteiger charge is 2.22. The van der Waals surface area contributed by atoms with Crippen LogP contribution in [-0.2, 0) is 14.3 Å². The lowest BCUT2D eigenvalue weighted by atomic mass is 10.1. The van der Waals surface area contributed by atoms with Crippen LogP contribution in [0.2, 0.25) is 0 Å². The van der Waals surface area contributed by atoms with Crippen LogP contribution in [0.15, 0.2) is 0 Å². The molecule has 0 aliphatic rings. The van der Waals surface area contributed by atoms with Gasteiger partial charge in [0, 0.05) is 0 Å². The van der Waals surface area contributed by atoms with Crippen LogP contribution in [0.5, 0.6) is 0 Å². The first-order valence-electron chi connectivity index (χ1n) is 5.59. The van der Waals surface area contributed by atoms with Gasteiger partial charge < -0.3 is 14.3 Å². The predicted molar refractivity (Wildman–Crippen MR) is 63.3 cm³/mol. The van der Waals surface area contributed by atoms with E-state index in [1.807, 2.05) is 41.5 Å². The average molecular weight is 249 g/mol. The van der Waals surface area contributed by atoms with Crippen molar-refractivity contribution >= 4 is 0 Å². The summed E-state index contributed by atoms with van der Waals surface area (Å²) in [6.45, 7) is 11.5. The molecule has 0 heterocycles. The summed E-state index contributed by atoms with van der Waals surface area (Å²) in [5.41, 5.74) is -0.708. The normalized spacial score (nSPS) is 14.5. The van der Waals surface area contributed by atoms with Gasteiger partial charge in [0.25, 0.3) is 5.09 Å². The van der Waals surface area contributed by atoms with Gasteiger partial charge in [-0.1, -0.05) is 0 Å². The fourth-order valence-electron chi connectivity index (χ4n) is 1.10. The van der Waals surface area contributed by atoms with E-state index in [2.05, 4.69) is 4.84 Å². The molecule has 0 amide bonds. The van der Waals surface area contributed by atoms with Gasteiger partial charge in [-0.15, -0.1) is 10.1 Å². The molecule has 1 atom stereocenters. The third kappa shape index (κ3) is 11.4. The zero-order valence-corrected chi connectivity index (χ0v) is 11.5. The molecule has 0 aliphatic heterocycles. The third-order valence-electron chi connectivity index (χ3n) is 1.59. The highest BCUT2D eigenvalue weighted by atomic mass is 17.0. The Bertz CT molecular complexity index is 241. The van der Waals surface area contributed by atoms with Crippen LogP contribution >= 0.6 is 0 Å². The van der Waals surface area contributed by atoms with E-state index in [9.17, 15) is 10.1 Å². The molecule has 0 bridgehead atoms. The minimum absolute atomic E-state index is 0.125. The molecule has 0 aromatic heterocycles. The molecule has 0 aromatic carbocycles. The van der Waals surface area contributed by atoms with Crippen LogP contribution in [0, 0.1) is 10.1 Å². The van der Waals surface area contributed by atoms with E-state index in [4.69, 9.17) is 9.47 Å². The molecule has 0 radical (unpaired) electrons. The van der Waals surface area contributed by atoms with E-state index in [1.54, 1.807) is 0 Å². The largest absolute Gasteiger partial charge is 0.373 e. The molecule has 17 heavy (non-hydrogen) atoms. The standard InChI is InChI=1S/C11H23NO5/c1-10(2,3)15-7-9(8-16-12(13)14)17-11(4,5)6/h9H,7-8H2,1-6H3. The number of ether oxygens (including phenoxy) is 2. The molecule has 0 N–H and O–H groups in total. The van der Waals surface area contributed by atoms with Gasteiger partial charge in [0.2, 0.25) is 0 Å². The predicted octanol–water partition coefficient (Wildman–Crippen LogP) is 2.19. The van der Waals surface area contributed by atoms with Crippen molar-refractivity contribution in [3.8, 4) is 0 Å². The Kier molecular flexibility index (Phi) is 5.84. The van der Waals surface area contributed by atoms with Gasteiger partial charge in [-0.3, -0.25) is 0 Å². The molecule has 0 spiro atoms. The minimum Gasteiger partial charge on any atom is -0.373 e. The molecular formula is C11H23NO5. The van der Waals surface area contributed by atoms with Crippen LogP contribution in [0.1, 0.15) is 41.5 Å². The van der Waals surface area contributed by atoms with Crippen molar-refractivity contribution in [1.82, 2.24) is 0 Å². The van der Waals surface area contributed by atoms with E-state index in [0.29, 0.717) is 0 Å². The number of hydrogen-bond acceptors (Lipinski definition) is 5. The van der Waals surface area contributed by atoms with Crippen molar-refractivity contribution in [2.45, 2.75) is 58.8 Å². The van der Waals surface area contributed by atoms with E-state index >= 15 is 0 Å². The van der Waals surface area contributed by atoms with Crippen LogP contribution in [0.4, 0.5) is 0 Å². The van der Waals surface area contributed by atoms with Crippen molar-refractivity contribution < 1.29 is 19.4 Å². The maximum absolute atomic E-state index is 10.2. The first-order chi connectivity index (χ1) is 7.49. The Morgan fingerprint density at radius 2 is 1.59 bits per heavy atom. The van der Waals surface area contributed by atoms with Gasteiger partial charge in [0.15, 0.2) is 0 Å². The smallest absolute Gasteiger partial charge is 0.294 e. The Labute approximate surface area is 102 Å². The van der Waals surface area contributed by atoms with Crippen LogP contribution in [0.3, 0.4) is 0 Å². The second-order valence-corrected chi connectivity index (χ2v) is 5.79. The molecule has 6 nitrogen and oxygen atoms in total. The molecule has 0 saturated heterocycles. The second-order valence-electron chi connectivity index (χ2n) is 5.79. The van der Waals surface area contributed by atoms with Crippen molar-refractivity contribution in [2.75, 3.05) is 13.2 Å². The van der Waals surface area contributed by atoms with Crippen molar-refractivity contribution in [3.63, 3.8) is 0 Å². The Balaban J connectivity index is 4.25. The quantitative estimate of drug-likeness (QED) is 0.533. The van der Waals surface area contributed by atoms with Gasteiger partial charge in [-0.05, 0) is 41.5 Å². The van der Waals surface area contributed by atoms with E-state index in [-0.39, 0.29) is 18.8 Å². The number of hydrogen-bond donors (Lipinski definition) is 0. The molecule has 0 aromatic rings. The molecule has 0 fully saturated rings. The summed E-state index contributed by atoms with van der Waals surface area (Å²) in [7, 11) is 0. The molecule has 102 valence electrons. The summed E-state index contributed by atoms with van der Waals surface area (Å²) in [4.78, 5) is 14.5. The lowest BCUT2D eigenvalue weighted by Crippen LogP contribution is -2.37. The lowest BCUT2D eigenvalue weighted by molar-refractivity contribution is -0.759. The molecule has 0 rings (SSSR count). The summed E-state index contributed by atoms with van der Waals surface area (Å²) in [6.07, 6.45) is -0.459. The SMILES string of the molecule is CC(C)(C)OCC(CO[N+](=O)[O-])OC(C)(C)C. The first-order valence-corrected chi connectivity index (χ1v) is 5.59. The number of nitrogens with zero attached hydrogens (tertiary/aromatic N) is 1. The average Bonchev–Trinajstić information content (AvgIpc) is 2.06. The summed E-state index contributed by atoms with van der Waals surface area (Å²) >= 11 is 0. The first kappa shape index (κ1) is 16.1. The molecule has 6 heteroatoms. The minimum atomic E-state index is -0.823. The molecular weight excluding hydrogens is 226 g/mol. The fourth-order valence-corrected chi connectivity index (χ4v) is 1.10. The maximum atomic E-state index is 10.2. The van der Waals surface area contributed by atoms with Gasteiger partial charge in [0.05, 0.1) is 17.8 Å². The summed E-state index contributed by atoms with van der Waals surface area (Å²) in [6, 6.07) is 0. The van der Waals surface area contributed by atoms with Gasteiger partial charge >= 0.3 is 0 Å². The highest BCUT2D eigenvalue weighted by Crippen LogP contribution is 2.14. The highest BCUT2D eigenvalue weighted by molar-refractivity contribution is 4.68. The van der Waals surface area contributed by atoms with E-state index in [1.165, 1.54) is 0 Å². The van der Waals surface area contributed by atoms with Gasteiger partial charge in [0.1, 0.15) is 12.7 Å². The van der Waals surface area contributed by atoms with Crippen LogP contribution in [0.25, 0.3) is 0 Å². The molecule has 1 unspecified atom stereocenters. The van der Waals surface area contributed by atoms with Crippen LogP contribution in [-0.4, -0.2) is 35.6 Å². The van der Waals surface area contributed by atoms with Crippen molar-refractivity contribution in [1.29, 1.82) is 0 Å². The molecule has 0 aliphatic carbocycles. The van der Waals surface area contributed by atoms with Gasteiger partial charge in [-0.25, -0.2) is 0 Å². The van der Waals surface area contributed by atoms with E-state index in [0.717, 1.165) is 0 Å². The Morgan fingerprint density at radius 3 is 1.94 bits per heavy atom. The monoisotopic (exact) mass is 249 g/mol. The third-order valence-corrected chi connectivity index (χ3v) is 1.59. The summed E-state index contributed by atoms with van der Waals surface area (Å²) < 4.78 is 11.2. The summed E-state index contributed by atoms with van der Waals surface area (Å²) in [5.74, 6) is 0. The number of rotatable bonds is 6. The summed E-state index contributed by atoms with van der Waals surface area (Å²) in [5, 5.41) is 9.33. The lowest BCUT2D eigenvalue weighted by Gasteiger charge is -2.29. The molecule has 0 saturated carbocycles. The van der Waals surface area contributed by atoms with Crippen LogP contribution < -0.4 is 0 Å². The Hall–Kier alpha value is -0.880. The Morgan fingerprint density at radius 1 is 1.06 bits per heavy atom. The second kappa shape index (κ2) is 6.16.